The molecule has 4 aromatic heterocycles. The van der Waals surface area contributed by atoms with Gasteiger partial charge in [0.15, 0.2) is 0 Å². The van der Waals surface area contributed by atoms with Gasteiger partial charge >= 0.3 is 0 Å². The van der Waals surface area contributed by atoms with Gasteiger partial charge in [0.25, 0.3) is 6.33 Å². The fraction of sp³-hybridized carbons (Fsp3) is 0.154. The first-order valence-corrected chi connectivity index (χ1v) is 29.3. The second-order valence-electron chi connectivity index (χ2n) is 25.9. The molecule has 408 valence electrons. The Hall–Kier alpha value is -9.78. The molecule has 0 saturated carbocycles. The number of rotatable bonds is 6. The molecule has 0 bridgehead atoms. The van der Waals surface area contributed by atoms with Gasteiger partial charge in [-0.2, -0.15) is 0 Å². The lowest BCUT2D eigenvalue weighted by molar-refractivity contribution is -0.571. The number of aromatic nitrogens is 5. The molecule has 10 aromatic carbocycles. The van der Waals surface area contributed by atoms with Crippen LogP contribution in [0.3, 0.4) is 0 Å². The van der Waals surface area contributed by atoms with Gasteiger partial charge in [0, 0.05) is 33.8 Å². The van der Waals surface area contributed by atoms with Crippen molar-refractivity contribution in [1.29, 1.82) is 0 Å². The van der Waals surface area contributed by atoms with Crippen LogP contribution >= 0.6 is 0 Å². The largest absolute Gasteiger partial charge is 0.458 e. The molecule has 6 heteroatoms. The van der Waals surface area contributed by atoms with Gasteiger partial charge in [0.05, 0.1) is 50.2 Å². The third kappa shape index (κ3) is 8.29. The molecule has 5 heterocycles. The SMILES string of the molecule is CC(C)(C)c1ccc(-c2cc3c4c(c2)n(-c2cccc(Oc5ccc6c7ccccc7n(-c7cc(C(C)(C)C)ccn7)c6c5)c2)[c-][n+]4-c2c(cc(C(C)(C)C)cc2-n2c4ccccc4c4ccccc42)-c2ccccc2-c2ccccc2-3)cc1. The van der Waals surface area contributed by atoms with E-state index in [9.17, 15) is 0 Å². The molecule has 6 nitrogen and oxygen atoms in total. The molecule has 0 N–H and O–H groups in total. The molecule has 0 aliphatic carbocycles. The molecular weight excluding hydrogens is 1020 g/mol. The van der Waals surface area contributed by atoms with Gasteiger partial charge in [-0.1, -0.05) is 208 Å². The zero-order chi connectivity index (χ0) is 57.4. The van der Waals surface area contributed by atoms with Crippen molar-refractivity contribution < 1.29 is 9.30 Å². The molecule has 0 spiro atoms. The molecule has 1 aliphatic heterocycles. The summed E-state index contributed by atoms with van der Waals surface area (Å²) < 4.78 is 16.5. The van der Waals surface area contributed by atoms with Crippen LogP contribution in [0.25, 0.3) is 122 Å². The number of fused-ring (bicyclic) bond motifs is 13. The van der Waals surface area contributed by atoms with E-state index in [1.807, 2.05) is 6.20 Å². The van der Waals surface area contributed by atoms with E-state index in [-0.39, 0.29) is 16.2 Å². The lowest BCUT2D eigenvalue weighted by atomic mass is 9.82. The number of pyridine rings is 1. The maximum absolute atomic E-state index is 7.05. The highest BCUT2D eigenvalue weighted by molar-refractivity contribution is 6.11. The molecular formula is C78H65N5O. The standard InChI is InChI=1S/C78H65N5O/c1-76(2,3)51-35-33-49(34-36-51)50-41-65-59-25-12-10-23-57(59)58-24-11-13-26-60(58)66-43-53(78(7,8)9)44-72(82-67-30-17-14-27-61(67)62-28-15-18-31-68(62)82)75(66)81-48-80(71(42-50)74(65)81)54-21-20-22-55(46-54)84-56-37-38-64-63-29-16-19-32-69(63)83(70(64)47-56)73-45-52(39-40-79-73)77(4,5)6/h10-47H,1-9H3. The van der Waals surface area contributed by atoms with Crippen LogP contribution in [0, 0.1) is 6.33 Å². The van der Waals surface area contributed by atoms with Gasteiger partial charge < -0.3 is 9.30 Å². The molecule has 0 saturated heterocycles. The number of benzene rings is 10. The topological polar surface area (TPSA) is 40.8 Å². The lowest BCUT2D eigenvalue weighted by Crippen LogP contribution is -2.33. The third-order valence-corrected chi connectivity index (χ3v) is 17.4. The third-order valence-electron chi connectivity index (χ3n) is 17.4. The van der Waals surface area contributed by atoms with E-state index in [0.717, 1.165) is 100 Å². The zero-order valence-corrected chi connectivity index (χ0v) is 49.1. The van der Waals surface area contributed by atoms with Crippen LogP contribution in [0.2, 0.25) is 0 Å². The van der Waals surface area contributed by atoms with Crippen LogP contribution in [-0.4, -0.2) is 18.7 Å². The van der Waals surface area contributed by atoms with Crippen molar-refractivity contribution >= 4 is 54.6 Å². The summed E-state index contributed by atoms with van der Waals surface area (Å²) in [5.74, 6) is 2.32. The Morgan fingerprint density at radius 3 is 1.55 bits per heavy atom. The summed E-state index contributed by atoms with van der Waals surface area (Å²) >= 11 is 0. The quantitative estimate of drug-likeness (QED) is 0.123. The summed E-state index contributed by atoms with van der Waals surface area (Å²) in [5, 5.41) is 4.73. The summed E-state index contributed by atoms with van der Waals surface area (Å²) in [4.78, 5) is 4.97. The monoisotopic (exact) mass is 1090 g/mol. The Morgan fingerprint density at radius 2 is 0.929 bits per heavy atom. The number of nitrogens with zero attached hydrogens (tertiary/aromatic N) is 5. The Balaban J connectivity index is 1.01. The Morgan fingerprint density at radius 1 is 0.381 bits per heavy atom. The summed E-state index contributed by atoms with van der Waals surface area (Å²) in [6.07, 6.45) is 6.08. The maximum atomic E-state index is 7.05. The average Bonchev–Trinajstić information content (AvgIpc) is 2.40. The highest BCUT2D eigenvalue weighted by Gasteiger charge is 2.31. The van der Waals surface area contributed by atoms with E-state index in [4.69, 9.17) is 9.72 Å². The van der Waals surface area contributed by atoms with E-state index in [1.165, 1.54) is 44.0 Å². The number of hydrogen-bond acceptors (Lipinski definition) is 2. The molecule has 15 rings (SSSR count). The van der Waals surface area contributed by atoms with Crippen LogP contribution in [0.4, 0.5) is 0 Å². The molecule has 1 aliphatic rings. The normalized spacial score (nSPS) is 12.6. The molecule has 0 unspecified atom stereocenters. The Bertz CT molecular complexity index is 4930. The van der Waals surface area contributed by atoms with E-state index in [0.29, 0.717) is 5.75 Å². The van der Waals surface area contributed by atoms with Crippen molar-refractivity contribution in [2.24, 2.45) is 0 Å². The van der Waals surface area contributed by atoms with Gasteiger partial charge in [0.1, 0.15) is 17.3 Å². The van der Waals surface area contributed by atoms with E-state index in [1.54, 1.807) is 0 Å². The van der Waals surface area contributed by atoms with Crippen LogP contribution in [-0.2, 0) is 16.2 Å². The van der Waals surface area contributed by atoms with Crippen molar-refractivity contribution in [3.63, 3.8) is 0 Å². The Kier molecular flexibility index (Phi) is 11.5. The Labute approximate surface area is 491 Å². The van der Waals surface area contributed by atoms with Gasteiger partial charge in [-0.25, -0.2) is 4.98 Å². The molecule has 0 fully saturated rings. The highest BCUT2D eigenvalue weighted by atomic mass is 16.5. The van der Waals surface area contributed by atoms with Crippen LogP contribution in [0.5, 0.6) is 11.5 Å². The van der Waals surface area contributed by atoms with Crippen LogP contribution in [0.15, 0.2) is 231 Å². The summed E-state index contributed by atoms with van der Waals surface area (Å²) in [6.45, 7) is 20.6. The van der Waals surface area contributed by atoms with Gasteiger partial charge in [-0.3, -0.25) is 13.7 Å². The lowest BCUT2D eigenvalue weighted by Gasteiger charge is -2.26. The fourth-order valence-electron chi connectivity index (χ4n) is 13.0. The number of ether oxygens (including phenoxy) is 1. The number of hydrogen-bond donors (Lipinski definition) is 0. The molecule has 0 amide bonds. The van der Waals surface area contributed by atoms with E-state index < -0.39 is 0 Å². The fourth-order valence-corrected chi connectivity index (χ4v) is 13.0. The van der Waals surface area contributed by atoms with Gasteiger partial charge in [-0.15, -0.1) is 0 Å². The second-order valence-corrected chi connectivity index (χ2v) is 25.9. The summed E-state index contributed by atoms with van der Waals surface area (Å²) in [6, 6.07) is 82.4. The van der Waals surface area contributed by atoms with Crippen molar-refractivity contribution in [2.45, 2.75) is 78.6 Å². The minimum atomic E-state index is -0.200. The second kappa shape index (κ2) is 18.9. The van der Waals surface area contributed by atoms with Crippen molar-refractivity contribution in [2.75, 3.05) is 0 Å². The first kappa shape index (κ1) is 51.1. The minimum Gasteiger partial charge on any atom is -0.458 e. The molecule has 14 aromatic rings. The smallest absolute Gasteiger partial charge is 0.269 e. The van der Waals surface area contributed by atoms with Crippen molar-refractivity contribution in [1.82, 2.24) is 18.7 Å². The molecule has 0 atom stereocenters. The van der Waals surface area contributed by atoms with Gasteiger partial charge in [0.2, 0.25) is 0 Å². The highest BCUT2D eigenvalue weighted by Crippen LogP contribution is 2.48. The van der Waals surface area contributed by atoms with E-state index >= 15 is 0 Å². The first-order valence-electron chi connectivity index (χ1n) is 29.3. The molecule has 0 radical (unpaired) electrons. The maximum Gasteiger partial charge on any atom is 0.269 e. The number of imidazole rings is 1. The van der Waals surface area contributed by atoms with Crippen molar-refractivity contribution in [3.8, 4) is 78.9 Å². The van der Waals surface area contributed by atoms with Crippen LogP contribution in [0.1, 0.15) is 79.0 Å². The molecule has 84 heavy (non-hydrogen) atoms. The van der Waals surface area contributed by atoms with Crippen molar-refractivity contribution in [3.05, 3.63) is 254 Å². The zero-order valence-electron chi connectivity index (χ0n) is 49.1. The number of para-hydroxylation sites is 3. The first-order chi connectivity index (χ1) is 40.5. The minimum absolute atomic E-state index is 0.00523. The summed E-state index contributed by atoms with van der Waals surface area (Å²) in [7, 11) is 0. The van der Waals surface area contributed by atoms with Crippen LogP contribution < -0.4 is 9.30 Å². The van der Waals surface area contributed by atoms with Gasteiger partial charge in [-0.05, 0) is 150 Å². The van der Waals surface area contributed by atoms with E-state index in [2.05, 4.69) is 311 Å². The summed E-state index contributed by atoms with van der Waals surface area (Å²) in [5.41, 5.74) is 22.2. The predicted octanol–water partition coefficient (Wildman–Crippen LogP) is 20.0. The average molecular weight is 1090 g/mol. The predicted molar refractivity (Wildman–Crippen MR) is 348 cm³/mol.